The minimum atomic E-state index is 0.0962. The summed E-state index contributed by atoms with van der Waals surface area (Å²) in [5.74, 6) is 3.63. The Kier molecular flexibility index (Phi) is 23.2. The number of ether oxygens (including phenoxy) is 1. The summed E-state index contributed by atoms with van der Waals surface area (Å²) in [4.78, 5) is 61.1. The number of nitrogens with zero attached hydrogens (tertiary/aromatic N) is 17. The number of aromatic nitrogens is 17. The van der Waals surface area contributed by atoms with Gasteiger partial charge in [0, 0.05) is 180 Å². The van der Waals surface area contributed by atoms with Gasteiger partial charge in [0.05, 0.1) is 71.6 Å². The lowest BCUT2D eigenvalue weighted by Crippen LogP contribution is -2.40. The number of aromatic amines is 4. The fraction of sp³-hybridized carbons (Fsp3) is 0.350. The van der Waals surface area contributed by atoms with Crippen LogP contribution in [-0.2, 0) is 64.6 Å². The second-order valence-corrected chi connectivity index (χ2v) is 36.6. The van der Waals surface area contributed by atoms with E-state index in [0.29, 0.717) is 103 Å². The molecule has 24 rings (SSSR count). The largest absolute Gasteiger partial charge is 0.484 e. The number of nitrogens with one attached hydrogen (secondary N) is 4. The first-order valence-corrected chi connectivity index (χ1v) is 46.2. The second kappa shape index (κ2) is 36.4. The average Bonchev–Trinajstić information content (AvgIpc) is 1.62. The molecule has 8 fully saturated rings. The number of amides is 4. The van der Waals surface area contributed by atoms with E-state index in [4.69, 9.17) is 14.9 Å². The molecule has 8 aromatic carbocycles. The van der Waals surface area contributed by atoms with Crippen molar-refractivity contribution in [3.63, 3.8) is 0 Å². The molecule has 8 aliphatic rings. The maximum atomic E-state index is 13.2. The number of H-pyrrole nitrogens is 4. The van der Waals surface area contributed by atoms with Crippen LogP contribution >= 0.6 is 0 Å². The van der Waals surface area contributed by atoms with E-state index in [9.17, 15) is 19.2 Å². The summed E-state index contributed by atoms with van der Waals surface area (Å²) in [6, 6.07) is 67.0. The fourth-order valence-electron chi connectivity index (χ4n) is 22.9. The van der Waals surface area contributed by atoms with E-state index >= 15 is 0 Å². The van der Waals surface area contributed by atoms with E-state index in [1.54, 1.807) is 6.20 Å². The Hall–Kier alpha value is -13.9. The Morgan fingerprint density at radius 3 is 1.06 bits per heavy atom. The van der Waals surface area contributed by atoms with Gasteiger partial charge in [0.2, 0.25) is 17.7 Å². The average molecular weight is 1720 g/mol. The van der Waals surface area contributed by atoms with Gasteiger partial charge in [0.25, 0.3) is 5.91 Å². The van der Waals surface area contributed by atoms with Crippen LogP contribution in [0.4, 0.5) is 0 Å². The first-order chi connectivity index (χ1) is 63.4. The van der Waals surface area contributed by atoms with Gasteiger partial charge in [0.15, 0.2) is 6.61 Å². The van der Waals surface area contributed by atoms with Crippen molar-refractivity contribution in [3.05, 3.63) is 278 Å². The summed E-state index contributed by atoms with van der Waals surface area (Å²) in [6.07, 6.45) is 38.2. The quantitative estimate of drug-likeness (QED) is 0.0438. The lowest BCUT2D eigenvalue weighted by atomic mass is 9.89. The number of carbonyl (C=O) groups is 4. The van der Waals surface area contributed by atoms with E-state index in [-0.39, 0.29) is 18.6 Å². The van der Waals surface area contributed by atoms with Crippen LogP contribution in [0.25, 0.3) is 88.2 Å². The van der Waals surface area contributed by atoms with Crippen molar-refractivity contribution in [2.24, 2.45) is 23.7 Å². The highest BCUT2D eigenvalue weighted by Crippen LogP contribution is 2.48. The number of aryl methyl sites for hydroxylation is 4. The minimum Gasteiger partial charge on any atom is -0.484 e. The lowest BCUT2D eigenvalue weighted by Gasteiger charge is -2.25. The van der Waals surface area contributed by atoms with Crippen LogP contribution in [0, 0.1) is 30.6 Å². The minimum absolute atomic E-state index is 0.0962. The SMILES string of the molecule is Cc1ccccc1CCC(=O)N1C2CCC1C(Cn1ncc3cc(-c4cn[nH]c4)ccc31)C2.O=C(CCc1ccccc1)N1C2CCC1C(Cn1ncc3cc(-c4cn[nH]c4)ccc31)C2.O=C(CCc1ccccc1)N1C2CCC1C(Cn1ncc3cc(-c4cn[nH]n4)ccc31)C2.O=C(COc1ccccc1)N1C2CCC1C(Cn1ncc3cc(-c4cn[nH]c4)ccc31)C2. The first kappa shape index (κ1) is 82.1. The number of para-hydroxylation sites is 1. The molecule has 16 heterocycles. The van der Waals surface area contributed by atoms with Crippen LogP contribution in [0.2, 0.25) is 0 Å². The van der Waals surface area contributed by atoms with E-state index < -0.39 is 0 Å². The molecule has 0 radical (unpaired) electrons. The summed E-state index contributed by atoms with van der Waals surface area (Å²) in [5.41, 5.74) is 18.1. The summed E-state index contributed by atoms with van der Waals surface area (Å²) in [6.45, 7) is 5.66. The van der Waals surface area contributed by atoms with Gasteiger partial charge in [-0.1, -0.05) is 127 Å². The van der Waals surface area contributed by atoms with Gasteiger partial charge < -0.3 is 24.3 Å². The lowest BCUT2D eigenvalue weighted by molar-refractivity contribution is -0.135. The number of rotatable bonds is 24. The Morgan fingerprint density at radius 1 is 0.349 bits per heavy atom. The number of carbonyl (C=O) groups excluding carboxylic acids is 4. The number of fused-ring (bicyclic) bond motifs is 12. The maximum absolute atomic E-state index is 13.2. The molecule has 8 saturated heterocycles. The summed E-state index contributed by atoms with van der Waals surface area (Å²) in [5, 5.41) is 54.8. The van der Waals surface area contributed by atoms with Gasteiger partial charge in [0.1, 0.15) is 11.4 Å². The Morgan fingerprint density at radius 2 is 0.698 bits per heavy atom. The summed E-state index contributed by atoms with van der Waals surface area (Å²) >= 11 is 0. The molecular formula is C103H107N21O5. The molecule has 12 atom stereocenters. The third-order valence-electron chi connectivity index (χ3n) is 29.1. The number of hydrogen-bond acceptors (Lipinski definition) is 14. The molecule has 8 bridgehead atoms. The van der Waals surface area contributed by atoms with E-state index in [1.165, 1.54) is 22.3 Å². The zero-order chi connectivity index (χ0) is 86.8. The highest BCUT2D eigenvalue weighted by atomic mass is 16.5. The van der Waals surface area contributed by atoms with Crippen molar-refractivity contribution in [1.82, 2.24) is 105 Å². The van der Waals surface area contributed by atoms with E-state index in [0.717, 1.165) is 216 Å². The van der Waals surface area contributed by atoms with Crippen molar-refractivity contribution in [3.8, 4) is 50.4 Å². The predicted octanol–water partition coefficient (Wildman–Crippen LogP) is 16.9. The molecule has 0 spiro atoms. The normalized spacial score (nSPS) is 22.0. The third-order valence-corrected chi connectivity index (χ3v) is 29.1. The van der Waals surface area contributed by atoms with Gasteiger partial charge in [-0.25, -0.2) is 0 Å². The van der Waals surface area contributed by atoms with Crippen LogP contribution in [0.15, 0.2) is 256 Å². The molecule has 4 amide bonds. The molecule has 654 valence electrons. The van der Waals surface area contributed by atoms with Crippen LogP contribution in [0.1, 0.15) is 119 Å². The van der Waals surface area contributed by atoms with Crippen molar-refractivity contribution in [2.45, 2.75) is 197 Å². The molecule has 129 heavy (non-hydrogen) atoms. The van der Waals surface area contributed by atoms with Gasteiger partial charge in [-0.15, -0.1) is 0 Å². The van der Waals surface area contributed by atoms with Gasteiger partial charge in [-0.2, -0.15) is 51.1 Å². The topological polar surface area (TPSA) is 289 Å². The predicted molar refractivity (Wildman–Crippen MR) is 495 cm³/mol. The van der Waals surface area contributed by atoms with Gasteiger partial charge in [-0.3, -0.25) is 53.2 Å². The van der Waals surface area contributed by atoms with E-state index in [2.05, 4.69) is 223 Å². The number of hydrogen-bond donors (Lipinski definition) is 4. The molecule has 4 N–H and O–H groups in total. The van der Waals surface area contributed by atoms with Crippen LogP contribution < -0.4 is 4.74 Å². The highest BCUT2D eigenvalue weighted by molar-refractivity contribution is 5.88. The molecule has 8 aliphatic heterocycles. The monoisotopic (exact) mass is 1720 g/mol. The van der Waals surface area contributed by atoms with Crippen molar-refractivity contribution >= 4 is 67.2 Å². The zero-order valence-corrected chi connectivity index (χ0v) is 72.6. The molecule has 26 heteroatoms. The smallest absolute Gasteiger partial charge is 0.261 e. The Balaban J connectivity index is 0.000000104. The fourth-order valence-corrected chi connectivity index (χ4v) is 22.9. The van der Waals surface area contributed by atoms with Gasteiger partial charge in [-0.05, 0) is 203 Å². The van der Waals surface area contributed by atoms with Crippen LogP contribution in [0.5, 0.6) is 5.75 Å². The van der Waals surface area contributed by atoms with E-state index in [1.807, 2.05) is 129 Å². The number of benzene rings is 8. The van der Waals surface area contributed by atoms with Crippen molar-refractivity contribution in [1.29, 1.82) is 0 Å². The molecule has 8 aromatic heterocycles. The Labute approximate surface area is 747 Å². The van der Waals surface area contributed by atoms with Crippen LogP contribution in [0.3, 0.4) is 0 Å². The molecule has 26 nitrogen and oxygen atoms in total. The third kappa shape index (κ3) is 17.2. The highest BCUT2D eigenvalue weighted by Gasteiger charge is 2.52. The first-order valence-electron chi connectivity index (χ1n) is 46.2. The van der Waals surface area contributed by atoms with Crippen molar-refractivity contribution in [2.75, 3.05) is 6.61 Å². The molecule has 0 saturated carbocycles. The maximum Gasteiger partial charge on any atom is 0.261 e. The molecule has 16 aromatic rings. The zero-order valence-electron chi connectivity index (χ0n) is 72.6. The summed E-state index contributed by atoms with van der Waals surface area (Å²) in [7, 11) is 0. The van der Waals surface area contributed by atoms with Gasteiger partial charge >= 0.3 is 0 Å². The Bertz CT molecular complexity index is 6100. The molecule has 12 unspecified atom stereocenters. The van der Waals surface area contributed by atoms with Crippen LogP contribution in [-0.4, -0.2) is 183 Å². The summed E-state index contributed by atoms with van der Waals surface area (Å²) < 4.78 is 14.2. The standard InChI is InChI=1S/C27H29N5O.C26H27N5O.C25H26N6O.C25H25N5O2/c1-18-4-2-3-5-19(18)7-11-27(33)32-24-8-10-26(32)22(13-24)17-31-25-9-6-20(12-21(25)16-30-31)23-14-28-29-15-23;32-26(11-6-18-4-2-1-3-5-18)31-23-8-10-25(31)21(13-23)17-30-24-9-7-19(12-20(24)16-29-30)22-14-27-28-15-22;32-25(11-6-17-4-2-1-3-5-17)31-21-8-10-24(31)20(13-21)16-30-23-9-7-18(12-19(23)14-27-30)22-15-26-29-28-22;31-25(16-32-22-4-2-1-3-5-22)30-21-7-9-24(30)19(11-21)15-29-23-8-6-17(10-18(23)14-28-29)20-12-26-27-13-20/h2-6,9,12,14-16,22,24,26H,7-8,10-11,13,17H2,1H3,(H,28,29);1-5,7,9,12,14-16,21,23,25H,6,8,10-11,13,17H2,(H,27,28);1-5,7,9,12,14-15,20-21,24H,6,8,10-11,13,16H2,(H,26,28,29);1-6,8,10,12-14,19,21,24H,7,9,11,15-16H2,(H,26,27). The molecule has 0 aliphatic carbocycles. The second-order valence-electron chi connectivity index (χ2n) is 36.6. The van der Waals surface area contributed by atoms with Crippen molar-refractivity contribution < 1.29 is 23.9 Å². The molecular weight excluding hydrogens is 1610 g/mol.